The standard InChI is InChI=1S/C32H33F2NO3/c1-5-7-24(8-6-2)27-13-15-32(25-10-9-23(3)28(33)21-25,26-11-12-31(36-4)29(34)22-26)38-30(27)14-16-35-17-19-37-20-18-35/h5-16,21-22H,1,17-20H2,2-4H3/b8-6-,16-14+,24-7+. The molecular formula is C32H33F2NO3. The van der Waals surface area contributed by atoms with E-state index in [1.165, 1.54) is 19.2 Å². The zero-order valence-electron chi connectivity index (χ0n) is 22.0. The topological polar surface area (TPSA) is 30.9 Å². The molecule has 0 aliphatic carbocycles. The number of benzene rings is 2. The Morgan fingerprint density at radius 3 is 2.42 bits per heavy atom. The van der Waals surface area contributed by atoms with Crippen molar-refractivity contribution in [2.24, 2.45) is 0 Å². The summed E-state index contributed by atoms with van der Waals surface area (Å²) in [6, 6.07) is 9.63. The number of methoxy groups -OCH3 is 1. The van der Waals surface area contributed by atoms with E-state index in [9.17, 15) is 8.78 Å². The molecule has 0 saturated carbocycles. The summed E-state index contributed by atoms with van der Waals surface area (Å²) in [6.45, 7) is 10.3. The maximum atomic E-state index is 15.0. The van der Waals surface area contributed by atoms with Gasteiger partial charge in [0.1, 0.15) is 11.6 Å². The largest absolute Gasteiger partial charge is 0.494 e. The number of aryl methyl sites for hydroxylation is 1. The van der Waals surface area contributed by atoms with Gasteiger partial charge in [-0.3, -0.25) is 0 Å². The third-order valence-electron chi connectivity index (χ3n) is 6.64. The highest BCUT2D eigenvalue weighted by Crippen LogP contribution is 2.44. The summed E-state index contributed by atoms with van der Waals surface area (Å²) in [4.78, 5) is 2.16. The van der Waals surface area contributed by atoms with Gasteiger partial charge in [-0.05, 0) is 61.4 Å². The summed E-state index contributed by atoms with van der Waals surface area (Å²) < 4.78 is 47.3. The molecule has 2 heterocycles. The third-order valence-corrected chi connectivity index (χ3v) is 6.64. The highest BCUT2D eigenvalue weighted by Gasteiger charge is 2.39. The molecule has 6 heteroatoms. The van der Waals surface area contributed by atoms with Crippen LogP contribution in [0.25, 0.3) is 0 Å². The van der Waals surface area contributed by atoms with E-state index in [4.69, 9.17) is 14.2 Å². The first-order valence-corrected chi connectivity index (χ1v) is 12.6. The lowest BCUT2D eigenvalue weighted by molar-refractivity contribution is 0.0580. The lowest BCUT2D eigenvalue weighted by Crippen LogP contribution is -2.33. The second kappa shape index (κ2) is 12.1. The van der Waals surface area contributed by atoms with E-state index < -0.39 is 11.4 Å². The second-order valence-corrected chi connectivity index (χ2v) is 9.08. The summed E-state index contributed by atoms with van der Waals surface area (Å²) in [5, 5.41) is 0. The van der Waals surface area contributed by atoms with Crippen molar-refractivity contribution in [2.75, 3.05) is 33.4 Å². The number of morpholine rings is 1. The predicted molar refractivity (Wildman–Crippen MR) is 147 cm³/mol. The van der Waals surface area contributed by atoms with E-state index in [1.807, 2.05) is 55.6 Å². The van der Waals surface area contributed by atoms with Crippen molar-refractivity contribution in [1.29, 1.82) is 0 Å². The Bertz CT molecular complexity index is 1330. The maximum Gasteiger partial charge on any atom is 0.178 e. The number of allylic oxidation sites excluding steroid dienone is 8. The quantitative estimate of drug-likeness (QED) is 0.357. The number of ether oxygens (including phenoxy) is 3. The van der Waals surface area contributed by atoms with Crippen molar-refractivity contribution in [2.45, 2.75) is 19.4 Å². The number of halogens is 2. The minimum atomic E-state index is -1.29. The fourth-order valence-electron chi connectivity index (χ4n) is 4.55. The van der Waals surface area contributed by atoms with Gasteiger partial charge in [-0.1, -0.05) is 49.1 Å². The minimum absolute atomic E-state index is 0.117. The normalized spacial score (nSPS) is 20.3. The molecule has 198 valence electrons. The molecule has 38 heavy (non-hydrogen) atoms. The first-order chi connectivity index (χ1) is 18.4. The van der Waals surface area contributed by atoms with Gasteiger partial charge in [0.15, 0.2) is 17.2 Å². The fraction of sp³-hybridized carbons (Fsp3) is 0.250. The van der Waals surface area contributed by atoms with Crippen LogP contribution in [0.15, 0.2) is 109 Å². The first-order valence-electron chi connectivity index (χ1n) is 12.6. The molecule has 0 radical (unpaired) electrons. The van der Waals surface area contributed by atoms with Crippen LogP contribution in [0.4, 0.5) is 8.78 Å². The summed E-state index contributed by atoms with van der Waals surface area (Å²) >= 11 is 0. The smallest absolute Gasteiger partial charge is 0.178 e. The molecule has 1 unspecified atom stereocenters. The Balaban J connectivity index is 1.91. The van der Waals surface area contributed by atoms with E-state index in [-0.39, 0.29) is 11.6 Å². The number of hydrogen-bond acceptors (Lipinski definition) is 4. The van der Waals surface area contributed by atoms with Gasteiger partial charge < -0.3 is 19.1 Å². The van der Waals surface area contributed by atoms with Crippen molar-refractivity contribution < 1.29 is 23.0 Å². The first kappa shape index (κ1) is 27.1. The van der Waals surface area contributed by atoms with Crippen LogP contribution in [0.3, 0.4) is 0 Å². The Labute approximate surface area is 223 Å². The van der Waals surface area contributed by atoms with Gasteiger partial charge in [0.05, 0.1) is 20.3 Å². The average Bonchev–Trinajstić information content (AvgIpc) is 2.93. The molecule has 2 aliphatic rings. The SMILES string of the molecule is C=C/C=C(\C=C/C)C1=C(/C=C/N2CCOCC2)OC(c2ccc(C)c(F)c2)(c2ccc(OC)c(F)c2)C=C1. The van der Waals surface area contributed by atoms with Crippen LogP contribution in [0, 0.1) is 18.6 Å². The van der Waals surface area contributed by atoms with Crippen LogP contribution in [0.2, 0.25) is 0 Å². The van der Waals surface area contributed by atoms with Crippen LogP contribution >= 0.6 is 0 Å². The molecule has 0 amide bonds. The minimum Gasteiger partial charge on any atom is -0.494 e. The molecule has 0 aromatic heterocycles. The van der Waals surface area contributed by atoms with Crippen molar-refractivity contribution in [3.05, 3.63) is 137 Å². The molecule has 2 aliphatic heterocycles. The van der Waals surface area contributed by atoms with Crippen molar-refractivity contribution in [3.63, 3.8) is 0 Å². The molecule has 0 bridgehead atoms. The zero-order chi connectivity index (χ0) is 27.1. The zero-order valence-corrected chi connectivity index (χ0v) is 22.0. The van der Waals surface area contributed by atoms with Crippen molar-refractivity contribution in [3.8, 4) is 5.75 Å². The van der Waals surface area contributed by atoms with E-state index in [0.717, 1.165) is 24.2 Å². The summed E-state index contributed by atoms with van der Waals surface area (Å²) in [5.74, 6) is -0.223. The lowest BCUT2D eigenvalue weighted by Gasteiger charge is -2.37. The lowest BCUT2D eigenvalue weighted by atomic mass is 9.82. The Morgan fingerprint density at radius 1 is 1.08 bits per heavy atom. The summed E-state index contributed by atoms with van der Waals surface area (Å²) in [6.07, 6.45) is 15.2. The van der Waals surface area contributed by atoms with Gasteiger partial charge in [-0.25, -0.2) is 8.78 Å². The van der Waals surface area contributed by atoms with Crippen LogP contribution in [-0.2, 0) is 15.1 Å². The molecule has 1 atom stereocenters. The van der Waals surface area contributed by atoms with Gasteiger partial charge >= 0.3 is 0 Å². The Hall–Kier alpha value is -3.90. The molecule has 1 saturated heterocycles. The fourth-order valence-corrected chi connectivity index (χ4v) is 4.55. The van der Waals surface area contributed by atoms with Gasteiger partial charge in [-0.2, -0.15) is 0 Å². The second-order valence-electron chi connectivity index (χ2n) is 9.08. The van der Waals surface area contributed by atoms with Gasteiger partial charge in [-0.15, -0.1) is 0 Å². The van der Waals surface area contributed by atoms with Crippen molar-refractivity contribution >= 4 is 0 Å². The predicted octanol–water partition coefficient (Wildman–Crippen LogP) is 6.90. The van der Waals surface area contributed by atoms with Crippen molar-refractivity contribution in [1.82, 2.24) is 4.90 Å². The Morgan fingerprint density at radius 2 is 1.79 bits per heavy atom. The van der Waals surface area contributed by atoms with E-state index in [1.54, 1.807) is 31.2 Å². The molecule has 4 rings (SSSR count). The summed E-state index contributed by atoms with van der Waals surface area (Å²) in [7, 11) is 1.42. The molecule has 2 aromatic rings. The molecule has 2 aromatic carbocycles. The third kappa shape index (κ3) is 5.65. The number of rotatable bonds is 8. The van der Waals surface area contributed by atoms with Gasteiger partial charge in [0, 0.05) is 36.0 Å². The van der Waals surface area contributed by atoms with Crippen LogP contribution in [-0.4, -0.2) is 38.3 Å². The van der Waals surface area contributed by atoms with Crippen LogP contribution < -0.4 is 4.74 Å². The highest BCUT2D eigenvalue weighted by molar-refractivity contribution is 5.57. The van der Waals surface area contributed by atoms with Gasteiger partial charge in [0.2, 0.25) is 0 Å². The highest BCUT2D eigenvalue weighted by atomic mass is 19.1. The average molecular weight is 518 g/mol. The molecule has 1 fully saturated rings. The summed E-state index contributed by atoms with van der Waals surface area (Å²) in [5.41, 5.74) is 1.99. The van der Waals surface area contributed by atoms with Crippen LogP contribution in [0.5, 0.6) is 5.75 Å². The van der Waals surface area contributed by atoms with Gasteiger partial charge in [0.25, 0.3) is 0 Å². The van der Waals surface area contributed by atoms with E-state index in [2.05, 4.69) is 11.5 Å². The molecule has 0 N–H and O–H groups in total. The number of nitrogens with zero attached hydrogens (tertiary/aromatic N) is 1. The Kier molecular flexibility index (Phi) is 8.64. The van der Waals surface area contributed by atoms with E-state index >= 15 is 0 Å². The maximum absolute atomic E-state index is 15.0. The number of hydrogen-bond donors (Lipinski definition) is 0. The van der Waals surface area contributed by atoms with E-state index in [0.29, 0.717) is 35.7 Å². The molecule has 0 spiro atoms. The molecule has 4 nitrogen and oxygen atoms in total. The monoisotopic (exact) mass is 517 g/mol. The molecular weight excluding hydrogens is 484 g/mol. The van der Waals surface area contributed by atoms with Crippen LogP contribution in [0.1, 0.15) is 23.6 Å².